The van der Waals surface area contributed by atoms with Crippen molar-refractivity contribution in [2.45, 2.75) is 64.9 Å². The molecule has 4 N–H and O–H groups in total. The number of fused-ring (bicyclic) bond motifs is 3. The first-order chi connectivity index (χ1) is 15.6. The van der Waals surface area contributed by atoms with E-state index >= 15 is 0 Å². The molecule has 8 nitrogen and oxygen atoms in total. The number of aromatic hydroxyl groups is 1. The van der Waals surface area contributed by atoms with Gasteiger partial charge in [-0.05, 0) is 49.7 Å². The van der Waals surface area contributed by atoms with E-state index in [1.807, 2.05) is 20.8 Å². The standard InChI is InChI=1S/C26H28O8/c1-10(27)14-9-16(25(3,4)5)21(30)20-15(14)7-12-6-13-8-17(29)18(11(2)28)23(32)26(13,34)24(33)19(12)22(20)31/h9,12-13,30-32,34H,6-8H2,1-5H3/t12-,13+,26-/m1/s1. The Bertz CT molecular complexity index is 1260. The van der Waals surface area contributed by atoms with Crippen LogP contribution in [-0.4, -0.2) is 49.2 Å². The summed E-state index contributed by atoms with van der Waals surface area (Å²) in [4.78, 5) is 50.5. The largest absolute Gasteiger partial charge is 0.508 e. The molecule has 1 aromatic rings. The van der Waals surface area contributed by atoms with E-state index in [0.29, 0.717) is 16.7 Å². The van der Waals surface area contributed by atoms with Gasteiger partial charge in [0, 0.05) is 29.0 Å². The molecule has 8 heteroatoms. The van der Waals surface area contributed by atoms with Crippen LogP contribution in [0.2, 0.25) is 0 Å². The molecule has 1 saturated carbocycles. The van der Waals surface area contributed by atoms with E-state index in [0.717, 1.165) is 6.92 Å². The Morgan fingerprint density at radius 1 is 1.03 bits per heavy atom. The van der Waals surface area contributed by atoms with E-state index in [4.69, 9.17) is 0 Å². The first-order valence-corrected chi connectivity index (χ1v) is 11.2. The number of hydrogen-bond donors (Lipinski definition) is 4. The Morgan fingerprint density at radius 2 is 1.65 bits per heavy atom. The molecule has 0 amide bonds. The second kappa shape index (κ2) is 7.37. The van der Waals surface area contributed by atoms with E-state index in [9.17, 15) is 39.6 Å². The van der Waals surface area contributed by atoms with E-state index in [2.05, 4.69) is 0 Å². The van der Waals surface area contributed by atoms with Crippen molar-refractivity contribution >= 4 is 28.9 Å². The number of phenolic OH excluding ortho intramolecular Hbond substituents is 1. The number of carbonyl (C=O) groups excluding carboxylic acids is 4. The summed E-state index contributed by atoms with van der Waals surface area (Å²) in [5, 5.41) is 44.4. The lowest BCUT2D eigenvalue weighted by Crippen LogP contribution is -2.57. The lowest BCUT2D eigenvalue weighted by molar-refractivity contribution is -0.147. The highest BCUT2D eigenvalue weighted by molar-refractivity contribution is 6.23. The Labute approximate surface area is 196 Å². The predicted molar refractivity (Wildman–Crippen MR) is 122 cm³/mol. The SMILES string of the molecule is CC(=O)C1=C(O)[C@@]2(O)C(=O)C3=C(O)c4c(O)c(C(C)(C)C)cc(C(C)=O)c4C[C@H]3C[C@H]2CC1=O. The zero-order valence-electron chi connectivity index (χ0n) is 19.8. The highest BCUT2D eigenvalue weighted by atomic mass is 16.3. The maximum atomic E-state index is 13.6. The number of hydrogen-bond acceptors (Lipinski definition) is 8. The Balaban J connectivity index is 2.01. The van der Waals surface area contributed by atoms with Crippen LogP contribution >= 0.6 is 0 Å². The smallest absolute Gasteiger partial charge is 0.202 e. The number of rotatable bonds is 2. The van der Waals surface area contributed by atoms with Crippen LogP contribution in [0.15, 0.2) is 23.0 Å². The number of carbonyl (C=O) groups is 4. The van der Waals surface area contributed by atoms with Crippen molar-refractivity contribution in [2.75, 3.05) is 0 Å². The average Bonchev–Trinajstić information content (AvgIpc) is 2.69. The lowest BCUT2D eigenvalue weighted by atomic mass is 9.58. The van der Waals surface area contributed by atoms with Gasteiger partial charge in [-0.25, -0.2) is 0 Å². The first-order valence-electron chi connectivity index (χ1n) is 11.2. The summed E-state index contributed by atoms with van der Waals surface area (Å²) in [6, 6.07) is 1.60. The van der Waals surface area contributed by atoms with Gasteiger partial charge in [0.15, 0.2) is 23.0 Å². The third-order valence-electron chi connectivity index (χ3n) is 7.36. The Hall–Kier alpha value is -3.26. The maximum absolute atomic E-state index is 13.6. The second-order valence-electron chi connectivity index (χ2n) is 10.6. The van der Waals surface area contributed by atoms with Crippen molar-refractivity contribution in [3.63, 3.8) is 0 Å². The van der Waals surface area contributed by atoms with Crippen LogP contribution in [0.1, 0.15) is 74.5 Å². The quantitative estimate of drug-likeness (QED) is 0.382. The summed E-state index contributed by atoms with van der Waals surface area (Å²) >= 11 is 0. The molecule has 0 aliphatic heterocycles. The first kappa shape index (κ1) is 23.9. The number of aliphatic hydroxyl groups is 3. The van der Waals surface area contributed by atoms with Gasteiger partial charge >= 0.3 is 0 Å². The molecule has 3 aliphatic rings. The second-order valence-corrected chi connectivity index (χ2v) is 10.6. The molecule has 34 heavy (non-hydrogen) atoms. The molecule has 3 aliphatic carbocycles. The minimum atomic E-state index is -2.53. The molecule has 0 aromatic heterocycles. The minimum absolute atomic E-state index is 0.0404. The maximum Gasteiger partial charge on any atom is 0.202 e. The summed E-state index contributed by atoms with van der Waals surface area (Å²) in [6.45, 7) is 7.94. The van der Waals surface area contributed by atoms with Gasteiger partial charge in [-0.2, -0.15) is 0 Å². The summed E-state index contributed by atoms with van der Waals surface area (Å²) < 4.78 is 0. The van der Waals surface area contributed by atoms with Crippen LogP contribution in [0.3, 0.4) is 0 Å². The third-order valence-corrected chi connectivity index (χ3v) is 7.36. The van der Waals surface area contributed by atoms with Crippen LogP contribution in [0.25, 0.3) is 5.76 Å². The highest BCUT2D eigenvalue weighted by Gasteiger charge is 2.60. The van der Waals surface area contributed by atoms with Crippen LogP contribution in [-0.2, 0) is 26.2 Å². The number of Topliss-reactive ketones (excluding diaryl/α,β-unsaturated/α-hetero) is 4. The molecule has 4 rings (SSSR count). The molecular weight excluding hydrogens is 440 g/mol. The average molecular weight is 469 g/mol. The van der Waals surface area contributed by atoms with Gasteiger partial charge in [0.1, 0.15) is 22.8 Å². The number of ketones is 4. The van der Waals surface area contributed by atoms with E-state index in [1.54, 1.807) is 6.07 Å². The van der Waals surface area contributed by atoms with Gasteiger partial charge in [-0.15, -0.1) is 0 Å². The summed E-state index contributed by atoms with van der Waals surface area (Å²) in [7, 11) is 0. The minimum Gasteiger partial charge on any atom is -0.508 e. The number of benzene rings is 1. The van der Waals surface area contributed by atoms with E-state index in [-0.39, 0.29) is 41.9 Å². The lowest BCUT2D eigenvalue weighted by Gasteiger charge is -2.46. The number of phenols is 1. The van der Waals surface area contributed by atoms with Crippen molar-refractivity contribution in [1.29, 1.82) is 0 Å². The van der Waals surface area contributed by atoms with Gasteiger partial charge in [0.2, 0.25) is 5.78 Å². The fraction of sp³-hybridized carbons (Fsp3) is 0.462. The van der Waals surface area contributed by atoms with Crippen molar-refractivity contribution in [3.05, 3.63) is 45.2 Å². The molecule has 0 bridgehead atoms. The number of allylic oxidation sites excluding steroid dienone is 1. The van der Waals surface area contributed by atoms with Crippen molar-refractivity contribution in [3.8, 4) is 5.75 Å². The third kappa shape index (κ3) is 3.08. The molecule has 1 aromatic carbocycles. The molecule has 1 fully saturated rings. The number of aliphatic hydroxyl groups excluding tert-OH is 2. The van der Waals surface area contributed by atoms with Gasteiger partial charge in [-0.3, -0.25) is 19.2 Å². The van der Waals surface area contributed by atoms with Crippen LogP contribution < -0.4 is 0 Å². The molecule has 180 valence electrons. The summed E-state index contributed by atoms with van der Waals surface area (Å²) in [5.41, 5.74) is -2.84. The van der Waals surface area contributed by atoms with Crippen molar-refractivity contribution in [2.24, 2.45) is 11.8 Å². The molecule has 0 spiro atoms. The van der Waals surface area contributed by atoms with Gasteiger partial charge in [0.25, 0.3) is 0 Å². The Morgan fingerprint density at radius 3 is 2.18 bits per heavy atom. The normalized spacial score (nSPS) is 26.8. The van der Waals surface area contributed by atoms with E-state index < -0.39 is 57.3 Å². The molecule has 0 heterocycles. The Kier molecular flexibility index (Phi) is 5.18. The van der Waals surface area contributed by atoms with Gasteiger partial charge in [-0.1, -0.05) is 20.8 Å². The van der Waals surface area contributed by atoms with E-state index in [1.165, 1.54) is 6.92 Å². The molecule has 0 saturated heterocycles. The summed E-state index contributed by atoms with van der Waals surface area (Å²) in [5.74, 6) is -6.17. The summed E-state index contributed by atoms with van der Waals surface area (Å²) in [6.07, 6.45) is -0.133. The fourth-order valence-electron chi connectivity index (χ4n) is 5.68. The van der Waals surface area contributed by atoms with Crippen LogP contribution in [0.5, 0.6) is 5.75 Å². The zero-order chi connectivity index (χ0) is 25.5. The molecule has 0 radical (unpaired) electrons. The fourth-order valence-corrected chi connectivity index (χ4v) is 5.68. The van der Waals surface area contributed by atoms with Gasteiger partial charge < -0.3 is 20.4 Å². The van der Waals surface area contributed by atoms with Crippen LogP contribution in [0, 0.1) is 11.8 Å². The van der Waals surface area contributed by atoms with Crippen LogP contribution in [0.4, 0.5) is 0 Å². The monoisotopic (exact) mass is 468 g/mol. The highest BCUT2D eigenvalue weighted by Crippen LogP contribution is 2.53. The topological polar surface area (TPSA) is 149 Å². The molecule has 3 atom stereocenters. The zero-order valence-corrected chi connectivity index (χ0v) is 19.8. The van der Waals surface area contributed by atoms with Crippen molar-refractivity contribution < 1.29 is 39.6 Å². The van der Waals surface area contributed by atoms with Crippen molar-refractivity contribution in [1.82, 2.24) is 0 Å². The molecule has 0 unspecified atom stereocenters. The molecular formula is C26H28O8. The van der Waals surface area contributed by atoms with Gasteiger partial charge in [0.05, 0.1) is 5.56 Å². The predicted octanol–water partition coefficient (Wildman–Crippen LogP) is 3.03.